The molecule has 0 aromatic rings. The lowest BCUT2D eigenvalue weighted by Gasteiger charge is -2.24. The molecule has 0 bridgehead atoms. The zero-order valence-electron chi connectivity index (χ0n) is 12.8. The summed E-state index contributed by atoms with van der Waals surface area (Å²) in [6.07, 6.45) is 7.12. The Bertz CT molecular complexity index is 369. The summed E-state index contributed by atoms with van der Waals surface area (Å²) in [6.45, 7) is 1.49. The Hall–Kier alpha value is -1.30. The Morgan fingerprint density at radius 3 is 2.52 bits per heavy atom. The number of nitrogens with one attached hydrogen (secondary N) is 2. The van der Waals surface area contributed by atoms with Crippen LogP contribution in [-0.2, 0) is 4.79 Å². The van der Waals surface area contributed by atoms with E-state index in [0.29, 0.717) is 25.4 Å². The van der Waals surface area contributed by atoms with E-state index in [4.69, 9.17) is 5.11 Å². The van der Waals surface area contributed by atoms with Gasteiger partial charge in [0.1, 0.15) is 0 Å². The molecule has 2 rings (SSSR count). The number of carbonyl (C=O) groups excluding carboxylic acids is 1. The van der Waals surface area contributed by atoms with Crippen LogP contribution in [-0.4, -0.2) is 54.2 Å². The second kappa shape index (κ2) is 7.64. The number of rotatable bonds is 6. The van der Waals surface area contributed by atoms with Crippen molar-refractivity contribution in [3.05, 3.63) is 0 Å². The fourth-order valence-corrected chi connectivity index (χ4v) is 3.45. The molecule has 2 aliphatic rings. The van der Waals surface area contributed by atoms with Crippen molar-refractivity contribution < 1.29 is 14.7 Å². The minimum absolute atomic E-state index is 0.00124. The Balaban J connectivity index is 1.58. The van der Waals surface area contributed by atoms with Crippen LogP contribution in [0.25, 0.3) is 0 Å². The Morgan fingerprint density at radius 1 is 1.19 bits per heavy atom. The van der Waals surface area contributed by atoms with E-state index in [1.807, 2.05) is 0 Å². The molecule has 0 aliphatic heterocycles. The number of nitrogens with zero attached hydrogens (tertiary/aromatic N) is 1. The Morgan fingerprint density at radius 2 is 1.90 bits per heavy atom. The van der Waals surface area contributed by atoms with Gasteiger partial charge in [-0.05, 0) is 39.2 Å². The molecule has 2 atom stereocenters. The SMILES string of the molecule is CN(CCNC(=O)N[C@H]1CC[C@@H](C(=O)O)C1)C1CCCC1. The number of carbonyl (C=O) groups is 2. The summed E-state index contributed by atoms with van der Waals surface area (Å²) in [5.41, 5.74) is 0. The van der Waals surface area contributed by atoms with Crippen LogP contribution in [0, 0.1) is 5.92 Å². The third kappa shape index (κ3) is 4.88. The number of likely N-dealkylation sites (N-methyl/N-ethyl adjacent to an activating group) is 1. The number of carboxylic acid groups (broad SMARTS) is 1. The number of carboxylic acids is 1. The van der Waals surface area contributed by atoms with Gasteiger partial charge in [0.2, 0.25) is 0 Å². The van der Waals surface area contributed by atoms with Crippen LogP contribution in [0.2, 0.25) is 0 Å². The van der Waals surface area contributed by atoms with E-state index < -0.39 is 5.97 Å². The van der Waals surface area contributed by atoms with E-state index in [-0.39, 0.29) is 18.0 Å². The molecular weight excluding hydrogens is 270 g/mol. The monoisotopic (exact) mass is 297 g/mol. The summed E-state index contributed by atoms with van der Waals surface area (Å²) < 4.78 is 0. The van der Waals surface area contributed by atoms with Crippen molar-refractivity contribution in [2.45, 2.75) is 57.0 Å². The molecule has 6 nitrogen and oxygen atoms in total. The van der Waals surface area contributed by atoms with Crippen molar-refractivity contribution in [2.75, 3.05) is 20.1 Å². The smallest absolute Gasteiger partial charge is 0.315 e. The number of amides is 2. The highest BCUT2D eigenvalue weighted by molar-refractivity contribution is 5.75. The molecule has 0 spiro atoms. The highest BCUT2D eigenvalue weighted by atomic mass is 16.4. The van der Waals surface area contributed by atoms with Crippen molar-refractivity contribution in [1.29, 1.82) is 0 Å². The van der Waals surface area contributed by atoms with Gasteiger partial charge in [0.15, 0.2) is 0 Å². The second-order valence-electron chi connectivity index (χ2n) is 6.36. The van der Waals surface area contributed by atoms with E-state index in [2.05, 4.69) is 22.6 Å². The zero-order valence-corrected chi connectivity index (χ0v) is 12.8. The van der Waals surface area contributed by atoms with Gasteiger partial charge in [0.05, 0.1) is 5.92 Å². The molecule has 2 amide bonds. The lowest BCUT2D eigenvalue weighted by Crippen LogP contribution is -2.44. The summed E-state index contributed by atoms with van der Waals surface area (Å²) >= 11 is 0. The Labute approximate surface area is 126 Å². The van der Waals surface area contributed by atoms with Gasteiger partial charge >= 0.3 is 12.0 Å². The molecule has 2 fully saturated rings. The third-order valence-corrected chi connectivity index (χ3v) is 4.82. The third-order valence-electron chi connectivity index (χ3n) is 4.82. The predicted molar refractivity (Wildman–Crippen MR) is 80.2 cm³/mol. The molecule has 21 heavy (non-hydrogen) atoms. The van der Waals surface area contributed by atoms with E-state index >= 15 is 0 Å². The van der Waals surface area contributed by atoms with Crippen molar-refractivity contribution in [1.82, 2.24) is 15.5 Å². The molecule has 3 N–H and O–H groups in total. The maximum atomic E-state index is 11.8. The maximum Gasteiger partial charge on any atom is 0.315 e. The lowest BCUT2D eigenvalue weighted by atomic mass is 10.1. The minimum atomic E-state index is -0.752. The predicted octanol–water partition coefficient (Wildman–Crippen LogP) is 1.41. The maximum absolute atomic E-state index is 11.8. The highest BCUT2D eigenvalue weighted by Crippen LogP contribution is 2.25. The van der Waals surface area contributed by atoms with Crippen LogP contribution in [0.1, 0.15) is 44.9 Å². The number of hydrogen-bond donors (Lipinski definition) is 3. The van der Waals surface area contributed by atoms with Gasteiger partial charge in [-0.1, -0.05) is 12.8 Å². The Kier molecular flexibility index (Phi) is 5.85. The van der Waals surface area contributed by atoms with Crippen LogP contribution in [0.15, 0.2) is 0 Å². The van der Waals surface area contributed by atoms with Crippen molar-refractivity contribution in [2.24, 2.45) is 5.92 Å². The molecule has 0 unspecified atom stereocenters. The van der Waals surface area contributed by atoms with Crippen LogP contribution in [0.4, 0.5) is 4.79 Å². The van der Waals surface area contributed by atoms with Crippen LogP contribution in [0.3, 0.4) is 0 Å². The molecule has 0 radical (unpaired) electrons. The van der Waals surface area contributed by atoms with Gasteiger partial charge in [-0.15, -0.1) is 0 Å². The fourth-order valence-electron chi connectivity index (χ4n) is 3.45. The van der Waals surface area contributed by atoms with Gasteiger partial charge in [0.25, 0.3) is 0 Å². The van der Waals surface area contributed by atoms with E-state index in [0.717, 1.165) is 13.0 Å². The van der Waals surface area contributed by atoms with Gasteiger partial charge in [-0.25, -0.2) is 4.79 Å². The molecule has 0 aromatic carbocycles. The summed E-state index contributed by atoms with van der Waals surface area (Å²) in [5, 5.41) is 14.7. The molecule has 2 aliphatic carbocycles. The van der Waals surface area contributed by atoms with Gasteiger partial charge in [0, 0.05) is 25.2 Å². The molecule has 0 heterocycles. The first-order valence-corrected chi connectivity index (χ1v) is 8.03. The molecule has 6 heteroatoms. The van der Waals surface area contributed by atoms with Crippen molar-refractivity contribution in [3.8, 4) is 0 Å². The average molecular weight is 297 g/mol. The van der Waals surface area contributed by atoms with Crippen LogP contribution < -0.4 is 10.6 Å². The van der Waals surface area contributed by atoms with Gasteiger partial charge in [-0.2, -0.15) is 0 Å². The average Bonchev–Trinajstić information content (AvgIpc) is 3.09. The lowest BCUT2D eigenvalue weighted by molar-refractivity contribution is -0.141. The minimum Gasteiger partial charge on any atom is -0.481 e. The first-order chi connectivity index (χ1) is 10.1. The van der Waals surface area contributed by atoms with E-state index in [1.54, 1.807) is 0 Å². The summed E-state index contributed by atoms with van der Waals surface area (Å²) in [6, 6.07) is 0.491. The first kappa shape index (κ1) is 16.1. The summed E-state index contributed by atoms with van der Waals surface area (Å²) in [4.78, 5) is 25.0. The highest BCUT2D eigenvalue weighted by Gasteiger charge is 2.30. The molecule has 120 valence electrons. The number of hydrogen-bond acceptors (Lipinski definition) is 3. The zero-order chi connectivity index (χ0) is 15.2. The largest absolute Gasteiger partial charge is 0.481 e. The van der Waals surface area contributed by atoms with Gasteiger partial charge in [-0.3, -0.25) is 4.79 Å². The summed E-state index contributed by atoms with van der Waals surface area (Å²) in [5.74, 6) is -1.05. The number of urea groups is 1. The summed E-state index contributed by atoms with van der Waals surface area (Å²) in [7, 11) is 2.12. The molecular formula is C15H27N3O3. The van der Waals surface area contributed by atoms with Crippen molar-refractivity contribution >= 4 is 12.0 Å². The molecule has 0 saturated heterocycles. The first-order valence-electron chi connectivity index (χ1n) is 8.03. The standard InChI is InChI=1S/C15H27N3O3/c1-18(13-4-2-3-5-13)9-8-16-15(21)17-12-7-6-11(10-12)14(19)20/h11-13H,2-10H2,1H3,(H,19,20)(H2,16,17,21)/t11-,12+/m1/s1. The van der Waals surface area contributed by atoms with E-state index in [9.17, 15) is 9.59 Å². The molecule has 2 saturated carbocycles. The number of aliphatic carboxylic acids is 1. The normalized spacial score (nSPS) is 26.2. The fraction of sp³-hybridized carbons (Fsp3) is 0.867. The van der Waals surface area contributed by atoms with Crippen LogP contribution >= 0.6 is 0 Å². The van der Waals surface area contributed by atoms with Crippen molar-refractivity contribution in [3.63, 3.8) is 0 Å². The second-order valence-corrected chi connectivity index (χ2v) is 6.36. The van der Waals surface area contributed by atoms with Crippen LogP contribution in [0.5, 0.6) is 0 Å². The topological polar surface area (TPSA) is 81.7 Å². The van der Waals surface area contributed by atoms with Gasteiger partial charge < -0.3 is 20.6 Å². The quantitative estimate of drug-likeness (QED) is 0.692. The molecule has 0 aromatic heterocycles. The van der Waals surface area contributed by atoms with E-state index in [1.165, 1.54) is 25.7 Å².